The van der Waals surface area contributed by atoms with E-state index >= 15 is 0 Å². The van der Waals surface area contributed by atoms with Crippen molar-refractivity contribution in [1.82, 2.24) is 10.2 Å². The third kappa shape index (κ3) is 5.34. The highest BCUT2D eigenvalue weighted by atomic mass is 19.1. The summed E-state index contributed by atoms with van der Waals surface area (Å²) in [7, 11) is 3.70. The minimum atomic E-state index is -0.413. The van der Waals surface area contributed by atoms with Crippen LogP contribution in [0.25, 0.3) is 0 Å². The van der Waals surface area contributed by atoms with Crippen molar-refractivity contribution in [2.75, 3.05) is 32.5 Å². The number of carbonyl (C=O) groups excluding carboxylic acids is 1. The van der Waals surface area contributed by atoms with Crippen molar-refractivity contribution in [3.05, 3.63) is 29.6 Å². The summed E-state index contributed by atoms with van der Waals surface area (Å²) in [5, 5.41) is 5.57. The van der Waals surface area contributed by atoms with Crippen molar-refractivity contribution in [3.63, 3.8) is 0 Å². The highest BCUT2D eigenvalue weighted by Crippen LogP contribution is 2.18. The third-order valence-electron chi connectivity index (χ3n) is 3.61. The van der Waals surface area contributed by atoms with Crippen molar-refractivity contribution >= 4 is 11.6 Å². The Bertz CT molecular complexity index is 463. The van der Waals surface area contributed by atoms with E-state index in [9.17, 15) is 9.18 Å². The standard InChI is InChI=1S/C16H26FN3O/c1-12(2)20(4)11-6-5-10-19-16(21)13-8-7-9-14(17)15(13)18-3/h7-9,12,18H,5-6,10-11H2,1-4H3,(H,19,21). The minimum absolute atomic E-state index is 0.240. The third-order valence-corrected chi connectivity index (χ3v) is 3.61. The molecule has 0 bridgehead atoms. The fourth-order valence-electron chi connectivity index (χ4n) is 2.01. The van der Waals surface area contributed by atoms with Crippen LogP contribution in [-0.2, 0) is 0 Å². The van der Waals surface area contributed by atoms with E-state index < -0.39 is 5.82 Å². The number of benzene rings is 1. The number of nitrogens with one attached hydrogen (secondary N) is 2. The topological polar surface area (TPSA) is 44.4 Å². The van der Waals surface area contributed by atoms with Crippen LogP contribution in [0, 0.1) is 5.82 Å². The zero-order valence-corrected chi connectivity index (χ0v) is 13.4. The first-order valence-electron chi connectivity index (χ1n) is 7.42. The fraction of sp³-hybridized carbons (Fsp3) is 0.562. The predicted molar refractivity (Wildman–Crippen MR) is 85.3 cm³/mol. The molecule has 0 radical (unpaired) electrons. The number of amides is 1. The summed E-state index contributed by atoms with van der Waals surface area (Å²) in [5.74, 6) is -0.653. The maximum atomic E-state index is 13.6. The zero-order chi connectivity index (χ0) is 15.8. The normalized spacial score (nSPS) is 11.0. The van der Waals surface area contributed by atoms with E-state index in [2.05, 4.69) is 36.4 Å². The van der Waals surface area contributed by atoms with Crippen LogP contribution in [0.2, 0.25) is 0 Å². The van der Waals surface area contributed by atoms with Gasteiger partial charge in [-0.2, -0.15) is 0 Å². The van der Waals surface area contributed by atoms with Crippen LogP contribution >= 0.6 is 0 Å². The van der Waals surface area contributed by atoms with Gasteiger partial charge in [-0.15, -0.1) is 0 Å². The average Bonchev–Trinajstić information content (AvgIpc) is 2.45. The Morgan fingerprint density at radius 3 is 2.67 bits per heavy atom. The minimum Gasteiger partial charge on any atom is -0.385 e. The Hall–Kier alpha value is -1.62. The van der Waals surface area contributed by atoms with Gasteiger partial charge in [0.05, 0.1) is 11.3 Å². The van der Waals surface area contributed by atoms with Crippen molar-refractivity contribution < 1.29 is 9.18 Å². The number of rotatable bonds is 8. The predicted octanol–water partition coefficient (Wildman–Crippen LogP) is 2.72. The zero-order valence-electron chi connectivity index (χ0n) is 13.4. The molecule has 0 fully saturated rings. The molecule has 0 unspecified atom stereocenters. The van der Waals surface area contributed by atoms with Gasteiger partial charge in [0, 0.05) is 19.6 Å². The largest absolute Gasteiger partial charge is 0.385 e. The molecule has 0 aliphatic carbocycles. The molecule has 118 valence electrons. The number of nitrogens with zero attached hydrogens (tertiary/aromatic N) is 1. The maximum absolute atomic E-state index is 13.6. The van der Waals surface area contributed by atoms with Gasteiger partial charge in [-0.1, -0.05) is 6.07 Å². The smallest absolute Gasteiger partial charge is 0.253 e. The molecular weight excluding hydrogens is 269 g/mol. The number of carbonyl (C=O) groups is 1. The SMILES string of the molecule is CNc1c(F)cccc1C(=O)NCCCCN(C)C(C)C. The van der Waals surface area contributed by atoms with Gasteiger partial charge >= 0.3 is 0 Å². The maximum Gasteiger partial charge on any atom is 0.253 e. The van der Waals surface area contributed by atoms with Gasteiger partial charge in [0.1, 0.15) is 5.82 Å². The lowest BCUT2D eigenvalue weighted by Crippen LogP contribution is -2.29. The first-order chi connectivity index (χ1) is 9.97. The summed E-state index contributed by atoms with van der Waals surface area (Å²) in [6.07, 6.45) is 1.93. The average molecular weight is 295 g/mol. The summed E-state index contributed by atoms with van der Waals surface area (Å²) >= 11 is 0. The summed E-state index contributed by atoms with van der Waals surface area (Å²) in [4.78, 5) is 14.3. The van der Waals surface area contributed by atoms with E-state index in [1.54, 1.807) is 19.2 Å². The Balaban J connectivity index is 2.40. The lowest BCUT2D eigenvalue weighted by Gasteiger charge is -2.20. The number of anilines is 1. The summed E-state index contributed by atoms with van der Waals surface area (Å²) < 4.78 is 13.6. The number of hydrogen-bond donors (Lipinski definition) is 2. The Morgan fingerprint density at radius 1 is 1.33 bits per heavy atom. The quantitative estimate of drug-likeness (QED) is 0.725. The van der Waals surface area contributed by atoms with Gasteiger partial charge in [0.25, 0.3) is 5.91 Å². The van der Waals surface area contributed by atoms with Crippen molar-refractivity contribution in [3.8, 4) is 0 Å². The molecule has 0 saturated carbocycles. The number of para-hydroxylation sites is 1. The number of halogens is 1. The molecule has 0 saturated heterocycles. The monoisotopic (exact) mass is 295 g/mol. The fourth-order valence-corrected chi connectivity index (χ4v) is 2.01. The van der Waals surface area contributed by atoms with Crippen LogP contribution in [0.15, 0.2) is 18.2 Å². The number of unbranched alkanes of at least 4 members (excludes halogenated alkanes) is 1. The van der Waals surface area contributed by atoms with Crippen LogP contribution in [0.5, 0.6) is 0 Å². The van der Waals surface area contributed by atoms with E-state index in [1.165, 1.54) is 6.07 Å². The lowest BCUT2D eigenvalue weighted by molar-refractivity contribution is 0.0953. The molecule has 0 aliphatic rings. The van der Waals surface area contributed by atoms with Gasteiger partial charge in [-0.05, 0) is 52.4 Å². The van der Waals surface area contributed by atoms with Crippen LogP contribution in [-0.4, -0.2) is 44.0 Å². The van der Waals surface area contributed by atoms with E-state index in [1.807, 2.05) is 0 Å². The van der Waals surface area contributed by atoms with Crippen molar-refractivity contribution in [2.24, 2.45) is 0 Å². The van der Waals surface area contributed by atoms with Crippen LogP contribution in [0.4, 0.5) is 10.1 Å². The molecule has 1 aromatic rings. The molecule has 21 heavy (non-hydrogen) atoms. The molecular formula is C16H26FN3O. The van der Waals surface area contributed by atoms with Gasteiger partial charge in [-0.3, -0.25) is 4.79 Å². The molecule has 4 nitrogen and oxygen atoms in total. The first-order valence-corrected chi connectivity index (χ1v) is 7.42. The highest BCUT2D eigenvalue weighted by Gasteiger charge is 2.13. The summed E-state index contributed by atoms with van der Waals surface area (Å²) in [6, 6.07) is 5.04. The molecule has 1 aromatic carbocycles. The molecule has 0 spiro atoms. The van der Waals surface area contributed by atoms with E-state index in [4.69, 9.17) is 0 Å². The lowest BCUT2D eigenvalue weighted by atomic mass is 10.1. The second kappa shape index (κ2) is 8.62. The second-order valence-corrected chi connectivity index (χ2v) is 5.45. The van der Waals surface area contributed by atoms with E-state index in [-0.39, 0.29) is 11.6 Å². The Morgan fingerprint density at radius 2 is 2.05 bits per heavy atom. The van der Waals surface area contributed by atoms with Crippen LogP contribution in [0.1, 0.15) is 37.0 Å². The first kappa shape index (κ1) is 17.4. The van der Waals surface area contributed by atoms with Gasteiger partial charge in [0.2, 0.25) is 0 Å². The Labute approximate surface area is 126 Å². The second-order valence-electron chi connectivity index (χ2n) is 5.45. The Kier molecular flexibility index (Phi) is 7.15. The molecule has 0 heterocycles. The highest BCUT2D eigenvalue weighted by molar-refractivity contribution is 5.99. The van der Waals surface area contributed by atoms with Crippen molar-refractivity contribution in [2.45, 2.75) is 32.7 Å². The molecule has 1 amide bonds. The van der Waals surface area contributed by atoms with Crippen LogP contribution in [0.3, 0.4) is 0 Å². The summed E-state index contributed by atoms with van der Waals surface area (Å²) in [6.45, 7) is 5.93. The van der Waals surface area contributed by atoms with Gasteiger partial charge < -0.3 is 15.5 Å². The molecule has 1 rings (SSSR count). The van der Waals surface area contributed by atoms with E-state index in [0.29, 0.717) is 18.2 Å². The summed E-state index contributed by atoms with van der Waals surface area (Å²) in [5.41, 5.74) is 0.589. The molecule has 0 aromatic heterocycles. The van der Waals surface area contributed by atoms with Gasteiger partial charge in [0.15, 0.2) is 0 Å². The van der Waals surface area contributed by atoms with Crippen LogP contribution < -0.4 is 10.6 Å². The molecule has 0 aliphatic heterocycles. The van der Waals surface area contributed by atoms with Gasteiger partial charge in [-0.25, -0.2) is 4.39 Å². The molecule has 5 heteroatoms. The molecule has 2 N–H and O–H groups in total. The van der Waals surface area contributed by atoms with Crippen molar-refractivity contribution in [1.29, 1.82) is 0 Å². The van der Waals surface area contributed by atoms with E-state index in [0.717, 1.165) is 19.4 Å². The molecule has 0 atom stereocenters. The number of hydrogen-bond acceptors (Lipinski definition) is 3.